The minimum absolute atomic E-state index is 0.262. The van der Waals surface area contributed by atoms with Gasteiger partial charge in [-0.05, 0) is 0 Å². The first kappa shape index (κ1) is 13.3. The summed E-state index contributed by atoms with van der Waals surface area (Å²) in [7, 11) is 3.00. The fraction of sp³-hybridized carbons (Fsp3) is 0.462. The molecule has 0 atom stereocenters. The number of aromatic nitrogens is 3. The number of nitrogens with one attached hydrogen (secondary N) is 1. The molecule has 2 heterocycles. The van der Waals surface area contributed by atoms with Gasteiger partial charge in [0.15, 0.2) is 5.65 Å². The summed E-state index contributed by atoms with van der Waals surface area (Å²) in [6.45, 7) is 5.90. The highest BCUT2D eigenvalue weighted by atomic mass is 16.5. The third kappa shape index (κ3) is 2.38. The largest absolute Gasteiger partial charge is 0.496 e. The SMILES string of the molecule is COc1cc(OC)c2c(=O)[nH]c(C(C)(C)C)nc2n1. The Kier molecular flexibility index (Phi) is 3.18. The van der Waals surface area contributed by atoms with Crippen molar-refractivity contribution in [3.8, 4) is 11.6 Å². The van der Waals surface area contributed by atoms with E-state index in [1.807, 2.05) is 20.8 Å². The fourth-order valence-electron chi connectivity index (χ4n) is 1.71. The van der Waals surface area contributed by atoms with Crippen molar-refractivity contribution in [1.29, 1.82) is 0 Å². The van der Waals surface area contributed by atoms with Crippen LogP contribution in [-0.2, 0) is 5.41 Å². The first-order chi connectivity index (χ1) is 8.86. The summed E-state index contributed by atoms with van der Waals surface area (Å²) in [5, 5.41) is 0.330. The van der Waals surface area contributed by atoms with Crippen LogP contribution in [0.5, 0.6) is 11.6 Å². The number of fused-ring (bicyclic) bond motifs is 1. The van der Waals surface area contributed by atoms with E-state index in [2.05, 4.69) is 15.0 Å². The Bertz CT molecular complexity index is 671. The van der Waals surface area contributed by atoms with E-state index in [0.717, 1.165) is 0 Å². The number of pyridine rings is 1. The fourth-order valence-corrected chi connectivity index (χ4v) is 1.71. The summed E-state index contributed by atoms with van der Waals surface area (Å²) in [4.78, 5) is 23.5. The zero-order chi connectivity index (χ0) is 14.2. The number of aromatic amines is 1. The molecular formula is C13H17N3O3. The average molecular weight is 263 g/mol. The highest BCUT2D eigenvalue weighted by molar-refractivity contribution is 5.81. The highest BCUT2D eigenvalue weighted by Gasteiger charge is 2.20. The third-order valence-corrected chi connectivity index (χ3v) is 2.76. The monoisotopic (exact) mass is 263 g/mol. The summed E-state index contributed by atoms with van der Waals surface area (Å²) in [6, 6.07) is 1.57. The van der Waals surface area contributed by atoms with Crippen LogP contribution in [0.15, 0.2) is 10.9 Å². The van der Waals surface area contributed by atoms with Gasteiger partial charge < -0.3 is 14.5 Å². The molecule has 2 aromatic rings. The van der Waals surface area contributed by atoms with E-state index in [9.17, 15) is 4.79 Å². The van der Waals surface area contributed by atoms with Crippen LogP contribution >= 0.6 is 0 Å². The molecule has 0 spiro atoms. The molecular weight excluding hydrogens is 246 g/mol. The van der Waals surface area contributed by atoms with Gasteiger partial charge in [-0.15, -0.1) is 0 Å². The highest BCUT2D eigenvalue weighted by Crippen LogP contribution is 2.26. The lowest BCUT2D eigenvalue weighted by Crippen LogP contribution is -2.22. The van der Waals surface area contributed by atoms with Crippen molar-refractivity contribution >= 4 is 11.0 Å². The smallest absolute Gasteiger partial charge is 0.264 e. The number of hydrogen-bond acceptors (Lipinski definition) is 5. The number of rotatable bonds is 2. The van der Waals surface area contributed by atoms with Crippen LogP contribution in [0.4, 0.5) is 0 Å². The van der Waals surface area contributed by atoms with Gasteiger partial charge in [0.2, 0.25) is 5.88 Å². The summed E-state index contributed by atoms with van der Waals surface area (Å²) >= 11 is 0. The van der Waals surface area contributed by atoms with Crippen molar-refractivity contribution in [2.24, 2.45) is 0 Å². The molecule has 1 N–H and O–H groups in total. The molecule has 0 radical (unpaired) electrons. The second kappa shape index (κ2) is 4.53. The molecule has 0 fully saturated rings. The van der Waals surface area contributed by atoms with Gasteiger partial charge in [0.25, 0.3) is 5.56 Å². The maximum Gasteiger partial charge on any atom is 0.264 e. The Morgan fingerprint density at radius 1 is 1.16 bits per heavy atom. The second-order valence-corrected chi connectivity index (χ2v) is 5.23. The van der Waals surface area contributed by atoms with Gasteiger partial charge in [-0.3, -0.25) is 4.79 Å². The van der Waals surface area contributed by atoms with Crippen molar-refractivity contribution in [2.75, 3.05) is 14.2 Å². The predicted octanol–water partition coefficient (Wildman–Crippen LogP) is 1.63. The molecule has 0 unspecified atom stereocenters. The number of methoxy groups -OCH3 is 2. The van der Waals surface area contributed by atoms with Crippen molar-refractivity contribution in [2.45, 2.75) is 26.2 Å². The van der Waals surface area contributed by atoms with Crippen molar-refractivity contribution in [3.05, 3.63) is 22.2 Å². The molecule has 102 valence electrons. The standard InChI is InChI=1S/C13H17N3O3/c1-13(2,3)12-15-10-9(11(17)16-12)7(18-4)6-8(14-10)19-5/h6H,1-5H3,(H,14,15,16,17). The Morgan fingerprint density at radius 2 is 1.84 bits per heavy atom. The van der Waals surface area contributed by atoms with Gasteiger partial charge >= 0.3 is 0 Å². The van der Waals surface area contributed by atoms with Crippen LogP contribution in [0.1, 0.15) is 26.6 Å². The molecule has 2 rings (SSSR count). The molecule has 0 saturated carbocycles. The van der Waals surface area contributed by atoms with E-state index in [1.165, 1.54) is 14.2 Å². The average Bonchev–Trinajstić information content (AvgIpc) is 2.35. The van der Waals surface area contributed by atoms with Gasteiger partial charge in [0.05, 0.1) is 14.2 Å². The molecule has 0 aliphatic rings. The number of H-pyrrole nitrogens is 1. The molecule has 6 heteroatoms. The quantitative estimate of drug-likeness (QED) is 0.891. The topological polar surface area (TPSA) is 77.1 Å². The lowest BCUT2D eigenvalue weighted by molar-refractivity contribution is 0.385. The van der Waals surface area contributed by atoms with Crippen LogP contribution < -0.4 is 15.0 Å². The van der Waals surface area contributed by atoms with Crippen LogP contribution in [-0.4, -0.2) is 29.2 Å². The first-order valence-corrected chi connectivity index (χ1v) is 5.90. The molecule has 0 aliphatic heterocycles. The Labute approximate surface area is 110 Å². The molecule has 0 aliphatic carbocycles. The lowest BCUT2D eigenvalue weighted by atomic mass is 9.96. The number of nitrogens with zero attached hydrogens (tertiary/aromatic N) is 2. The van der Waals surface area contributed by atoms with Crippen LogP contribution in [0.2, 0.25) is 0 Å². The molecule has 2 aromatic heterocycles. The van der Waals surface area contributed by atoms with Gasteiger partial charge in [0.1, 0.15) is 17.0 Å². The van der Waals surface area contributed by atoms with Crippen molar-refractivity contribution in [1.82, 2.24) is 15.0 Å². The van der Waals surface area contributed by atoms with Gasteiger partial charge in [-0.2, -0.15) is 4.98 Å². The molecule has 0 amide bonds. The normalized spacial score (nSPS) is 11.6. The maximum absolute atomic E-state index is 12.2. The predicted molar refractivity (Wildman–Crippen MR) is 72.0 cm³/mol. The van der Waals surface area contributed by atoms with Crippen LogP contribution in [0.25, 0.3) is 11.0 Å². The number of ether oxygens (including phenoxy) is 2. The van der Waals surface area contributed by atoms with Gasteiger partial charge in [-0.1, -0.05) is 20.8 Å². The summed E-state index contributed by atoms with van der Waals surface area (Å²) in [5.41, 5.74) is -0.211. The van der Waals surface area contributed by atoms with Crippen molar-refractivity contribution < 1.29 is 9.47 Å². The summed E-state index contributed by atoms with van der Waals surface area (Å²) in [5.74, 6) is 1.34. The lowest BCUT2D eigenvalue weighted by Gasteiger charge is -2.17. The molecule has 6 nitrogen and oxygen atoms in total. The zero-order valence-electron chi connectivity index (χ0n) is 11.7. The second-order valence-electron chi connectivity index (χ2n) is 5.23. The minimum Gasteiger partial charge on any atom is -0.496 e. The van der Waals surface area contributed by atoms with Crippen LogP contribution in [0, 0.1) is 0 Å². The molecule has 0 bridgehead atoms. The Morgan fingerprint density at radius 3 is 2.37 bits per heavy atom. The molecule has 19 heavy (non-hydrogen) atoms. The zero-order valence-corrected chi connectivity index (χ0v) is 11.7. The third-order valence-electron chi connectivity index (χ3n) is 2.76. The van der Waals surface area contributed by atoms with Crippen LogP contribution in [0.3, 0.4) is 0 Å². The van der Waals surface area contributed by atoms with E-state index in [-0.39, 0.29) is 11.0 Å². The summed E-state index contributed by atoms with van der Waals surface area (Å²) in [6.07, 6.45) is 0. The van der Waals surface area contributed by atoms with E-state index in [4.69, 9.17) is 9.47 Å². The van der Waals surface area contributed by atoms with Gasteiger partial charge in [0, 0.05) is 11.5 Å². The first-order valence-electron chi connectivity index (χ1n) is 5.90. The Hall–Kier alpha value is -2.11. The Balaban J connectivity index is 2.84. The van der Waals surface area contributed by atoms with E-state index in [1.54, 1.807) is 6.07 Å². The maximum atomic E-state index is 12.2. The van der Waals surface area contributed by atoms with E-state index >= 15 is 0 Å². The van der Waals surface area contributed by atoms with E-state index < -0.39 is 0 Å². The minimum atomic E-state index is -0.272. The summed E-state index contributed by atoms with van der Waals surface area (Å²) < 4.78 is 10.3. The molecule has 0 aromatic carbocycles. The number of hydrogen-bond donors (Lipinski definition) is 1. The van der Waals surface area contributed by atoms with Gasteiger partial charge in [-0.25, -0.2) is 4.98 Å². The van der Waals surface area contributed by atoms with Crippen molar-refractivity contribution in [3.63, 3.8) is 0 Å². The molecule has 0 saturated heterocycles. The van der Waals surface area contributed by atoms with E-state index in [0.29, 0.717) is 28.5 Å².